The number of carbonyl (C=O) groups excluding carboxylic acids is 2. The van der Waals surface area contributed by atoms with Crippen molar-refractivity contribution in [3.63, 3.8) is 0 Å². The second-order valence-electron chi connectivity index (χ2n) is 13.7. The first-order chi connectivity index (χ1) is 24.5. The lowest BCUT2D eigenvalue weighted by atomic mass is 10.1. The predicted octanol–water partition coefficient (Wildman–Crippen LogP) is 11.5. The smallest absolute Gasteiger partial charge is 0.383 e. The minimum Gasteiger partial charge on any atom is -0.383 e. The van der Waals surface area contributed by atoms with Gasteiger partial charge in [-0.3, -0.25) is 0 Å². The average molecular weight is 735 g/mol. The Balaban J connectivity index is 1.85. The Kier molecular flexibility index (Phi) is 26.2. The molecule has 50 heavy (non-hydrogen) atoms. The Morgan fingerprint density at radius 3 is 1.30 bits per heavy atom. The zero-order valence-corrected chi connectivity index (χ0v) is 33.7. The van der Waals surface area contributed by atoms with E-state index in [1.807, 2.05) is 21.5 Å². The van der Waals surface area contributed by atoms with E-state index in [0.29, 0.717) is 23.6 Å². The molecule has 0 aliphatic rings. The summed E-state index contributed by atoms with van der Waals surface area (Å²) in [6.45, 7) is 10.4. The van der Waals surface area contributed by atoms with Gasteiger partial charge in [0.1, 0.15) is 0 Å². The number of aryl methyl sites for hydroxylation is 2. The van der Waals surface area contributed by atoms with Crippen LogP contribution in [0.15, 0.2) is 24.8 Å². The number of rotatable bonds is 32. The first kappa shape index (κ1) is 44.2. The number of aromatic nitrogens is 4. The molecule has 2 unspecified atom stereocenters. The minimum atomic E-state index is -1.09. The third kappa shape index (κ3) is 20.2. The molecule has 2 aromatic heterocycles. The summed E-state index contributed by atoms with van der Waals surface area (Å²) in [7, 11) is 0. The summed E-state index contributed by atoms with van der Waals surface area (Å²) in [6.07, 6.45) is 34.3. The van der Waals surface area contributed by atoms with Crippen LogP contribution in [0.4, 0.5) is 0 Å². The fourth-order valence-corrected chi connectivity index (χ4v) is 8.71. The molecule has 0 spiro atoms. The van der Waals surface area contributed by atoms with Crippen molar-refractivity contribution in [2.75, 3.05) is 11.5 Å². The van der Waals surface area contributed by atoms with Gasteiger partial charge in [0, 0.05) is 48.4 Å². The molecule has 2 rings (SSSR count). The molecular formula is C40H70N4O4S2. The molecule has 10 heteroatoms. The van der Waals surface area contributed by atoms with E-state index in [1.54, 1.807) is 12.4 Å². The van der Waals surface area contributed by atoms with Crippen LogP contribution in [0.3, 0.4) is 0 Å². The number of nitrogens with zero attached hydrogens (tertiary/aromatic N) is 4. The standard InChI is InChI=1S/C40H70N4O4S2/c1-5-9-13-15-17-21-33-49-35(23-19-11-7-3)25-29-43-31-27-41-39(43)47-37(45)38(46)48-40-42-28-32-44(40)30-26-36(24-20-12-8-4)50-34-22-18-16-14-10-6-2/h27-28,31-32,35-36H,5-26,29-30,33-34H2,1-4H3. The van der Waals surface area contributed by atoms with Crippen LogP contribution in [0.2, 0.25) is 0 Å². The molecule has 0 aromatic carbocycles. The second kappa shape index (κ2) is 29.6. The summed E-state index contributed by atoms with van der Waals surface area (Å²) in [5.41, 5.74) is 0. The largest absolute Gasteiger partial charge is 0.425 e. The lowest BCUT2D eigenvalue weighted by Crippen LogP contribution is -2.28. The Hall–Kier alpha value is -1.94. The zero-order valence-electron chi connectivity index (χ0n) is 32.1. The van der Waals surface area contributed by atoms with Gasteiger partial charge in [-0.2, -0.15) is 23.5 Å². The van der Waals surface area contributed by atoms with Crippen LogP contribution in [-0.2, 0) is 22.7 Å². The fourth-order valence-electron chi connectivity index (χ4n) is 6.09. The van der Waals surface area contributed by atoms with Crippen LogP contribution in [0, 0.1) is 0 Å². The van der Waals surface area contributed by atoms with Crippen LogP contribution in [0.25, 0.3) is 0 Å². The van der Waals surface area contributed by atoms with Crippen molar-refractivity contribution < 1.29 is 19.1 Å². The van der Waals surface area contributed by atoms with Gasteiger partial charge in [0.05, 0.1) is 0 Å². The lowest BCUT2D eigenvalue weighted by molar-refractivity contribution is -0.157. The van der Waals surface area contributed by atoms with E-state index >= 15 is 0 Å². The van der Waals surface area contributed by atoms with E-state index in [0.717, 1.165) is 12.8 Å². The summed E-state index contributed by atoms with van der Waals surface area (Å²) in [5.74, 6) is 0.202. The average Bonchev–Trinajstić information content (AvgIpc) is 3.76. The Morgan fingerprint density at radius 2 is 0.900 bits per heavy atom. The number of carbonyl (C=O) groups is 2. The number of thioether (sulfide) groups is 2. The molecule has 0 saturated heterocycles. The highest BCUT2D eigenvalue weighted by Crippen LogP contribution is 2.26. The molecule has 0 N–H and O–H groups in total. The minimum absolute atomic E-state index is 0.126. The molecule has 0 saturated carbocycles. The van der Waals surface area contributed by atoms with Gasteiger partial charge in [0.25, 0.3) is 0 Å². The van der Waals surface area contributed by atoms with Crippen molar-refractivity contribution >= 4 is 35.5 Å². The van der Waals surface area contributed by atoms with Gasteiger partial charge in [-0.25, -0.2) is 19.6 Å². The summed E-state index contributed by atoms with van der Waals surface area (Å²) >= 11 is 4.15. The van der Waals surface area contributed by atoms with E-state index in [4.69, 9.17) is 9.47 Å². The van der Waals surface area contributed by atoms with Gasteiger partial charge in [-0.1, -0.05) is 130 Å². The summed E-state index contributed by atoms with van der Waals surface area (Å²) in [6, 6.07) is 0.252. The Bertz CT molecular complexity index is 1040. The molecular weight excluding hydrogens is 665 g/mol. The quantitative estimate of drug-likeness (QED) is 0.0417. The SMILES string of the molecule is CCCCCCCCSC(CCCCC)CCn1ccnc1OC(=O)C(=O)Oc1nccn1CCC(CCCCC)SCCCCCCCC. The third-order valence-corrected chi connectivity index (χ3v) is 12.2. The molecule has 2 aromatic rings. The maximum Gasteiger partial charge on any atom is 0.425 e. The first-order valence-corrected chi connectivity index (χ1v) is 22.3. The molecule has 0 bridgehead atoms. The summed E-state index contributed by atoms with van der Waals surface area (Å²) in [5, 5.41) is 1.10. The predicted molar refractivity (Wildman–Crippen MR) is 212 cm³/mol. The summed E-state index contributed by atoms with van der Waals surface area (Å²) < 4.78 is 14.5. The number of imidazole rings is 2. The van der Waals surface area contributed by atoms with Crippen LogP contribution < -0.4 is 9.47 Å². The van der Waals surface area contributed by atoms with Gasteiger partial charge in [-0.05, 0) is 50.0 Å². The van der Waals surface area contributed by atoms with Gasteiger partial charge >= 0.3 is 24.0 Å². The van der Waals surface area contributed by atoms with Gasteiger partial charge in [0.2, 0.25) is 0 Å². The van der Waals surface area contributed by atoms with Crippen molar-refractivity contribution in [3.8, 4) is 12.0 Å². The number of esters is 2. The highest BCUT2D eigenvalue weighted by molar-refractivity contribution is 8.00. The molecule has 0 fully saturated rings. The zero-order chi connectivity index (χ0) is 36.1. The van der Waals surface area contributed by atoms with Crippen LogP contribution in [0.1, 0.15) is 169 Å². The van der Waals surface area contributed by atoms with Crippen LogP contribution in [0.5, 0.6) is 12.0 Å². The van der Waals surface area contributed by atoms with Crippen LogP contribution in [-0.4, -0.2) is 53.0 Å². The van der Waals surface area contributed by atoms with E-state index in [9.17, 15) is 9.59 Å². The van der Waals surface area contributed by atoms with Crippen molar-refractivity contribution in [2.45, 2.75) is 193 Å². The van der Waals surface area contributed by atoms with Gasteiger partial charge in [-0.15, -0.1) is 0 Å². The topological polar surface area (TPSA) is 88.2 Å². The monoisotopic (exact) mass is 734 g/mol. The van der Waals surface area contributed by atoms with Gasteiger partial charge in [0.15, 0.2) is 0 Å². The highest BCUT2D eigenvalue weighted by atomic mass is 32.2. The molecule has 0 amide bonds. The second-order valence-corrected chi connectivity index (χ2v) is 16.5. The Labute approximate surface area is 313 Å². The van der Waals surface area contributed by atoms with E-state index < -0.39 is 11.9 Å². The number of hydrogen-bond donors (Lipinski definition) is 0. The molecule has 0 aliphatic carbocycles. The number of ether oxygens (including phenoxy) is 2. The van der Waals surface area contributed by atoms with Gasteiger partial charge < -0.3 is 18.6 Å². The van der Waals surface area contributed by atoms with Crippen molar-refractivity contribution in [1.82, 2.24) is 19.1 Å². The number of unbranched alkanes of at least 4 members (excludes halogenated alkanes) is 14. The normalized spacial score (nSPS) is 12.6. The van der Waals surface area contributed by atoms with Crippen molar-refractivity contribution in [1.29, 1.82) is 0 Å². The van der Waals surface area contributed by atoms with E-state index in [2.05, 4.69) is 61.2 Å². The number of hydrogen-bond acceptors (Lipinski definition) is 8. The molecule has 2 heterocycles. The van der Waals surface area contributed by atoms with Crippen molar-refractivity contribution in [3.05, 3.63) is 24.8 Å². The molecule has 8 nitrogen and oxygen atoms in total. The molecule has 2 atom stereocenters. The van der Waals surface area contributed by atoms with Crippen molar-refractivity contribution in [2.24, 2.45) is 0 Å². The first-order valence-electron chi connectivity index (χ1n) is 20.2. The fraction of sp³-hybridized carbons (Fsp3) is 0.800. The maximum absolute atomic E-state index is 12.8. The molecule has 0 aliphatic heterocycles. The summed E-state index contributed by atoms with van der Waals surface area (Å²) in [4.78, 5) is 34.1. The lowest BCUT2D eigenvalue weighted by Gasteiger charge is -2.18. The molecule has 0 radical (unpaired) electrons. The van der Waals surface area contributed by atoms with Crippen LogP contribution >= 0.6 is 23.5 Å². The van der Waals surface area contributed by atoms with E-state index in [1.165, 1.54) is 140 Å². The Morgan fingerprint density at radius 1 is 0.540 bits per heavy atom. The molecule has 286 valence electrons. The third-order valence-electron chi connectivity index (χ3n) is 9.24. The highest BCUT2D eigenvalue weighted by Gasteiger charge is 2.24. The maximum atomic E-state index is 12.8. The van der Waals surface area contributed by atoms with E-state index in [-0.39, 0.29) is 12.0 Å².